The minimum absolute atomic E-state index is 0. The highest BCUT2D eigenvalue weighted by Crippen LogP contribution is 2.42. The molecule has 1 fully saturated rings. The predicted octanol–water partition coefficient (Wildman–Crippen LogP) is 3.05. The second-order valence-electron chi connectivity index (χ2n) is 6.18. The number of nitrogens with one attached hydrogen (secondary N) is 1. The van der Waals surface area contributed by atoms with Crippen molar-refractivity contribution >= 4 is 24.8 Å². The van der Waals surface area contributed by atoms with Gasteiger partial charge in [0.25, 0.3) is 0 Å². The predicted molar refractivity (Wildman–Crippen MR) is 96.5 cm³/mol. The molecule has 0 spiro atoms. The Morgan fingerprint density at radius 3 is 2.74 bits per heavy atom. The molecule has 2 aliphatic heterocycles. The minimum Gasteiger partial charge on any atom is -0.393 e. The van der Waals surface area contributed by atoms with Gasteiger partial charge in [-0.1, -0.05) is 24.3 Å². The number of halogens is 2. The van der Waals surface area contributed by atoms with Crippen LogP contribution in [0.3, 0.4) is 0 Å². The van der Waals surface area contributed by atoms with Gasteiger partial charge in [-0.2, -0.15) is 0 Å². The monoisotopic (exact) mass is 355 g/mol. The van der Waals surface area contributed by atoms with Crippen molar-refractivity contribution in [2.24, 2.45) is 5.92 Å². The van der Waals surface area contributed by atoms with E-state index in [1.54, 1.807) is 0 Å². The van der Waals surface area contributed by atoms with Crippen molar-refractivity contribution in [3.05, 3.63) is 42.4 Å². The third-order valence-corrected chi connectivity index (χ3v) is 4.99. The van der Waals surface area contributed by atoms with E-state index in [-0.39, 0.29) is 37.0 Å². The fourth-order valence-electron chi connectivity index (χ4n) is 3.82. The Balaban J connectivity index is 0.000000960. The molecule has 1 saturated heterocycles. The van der Waals surface area contributed by atoms with E-state index in [2.05, 4.69) is 39.1 Å². The van der Waals surface area contributed by atoms with Gasteiger partial charge in [0, 0.05) is 5.56 Å². The number of aromatic nitrogens is 2. The molecule has 2 unspecified atom stereocenters. The summed E-state index contributed by atoms with van der Waals surface area (Å²) in [5, 5.41) is 14.0. The molecule has 3 heterocycles. The normalized spacial score (nSPS) is 20.8. The van der Waals surface area contributed by atoms with Crippen molar-refractivity contribution in [3.8, 4) is 11.3 Å². The molecule has 1 aromatic heterocycles. The first-order chi connectivity index (χ1) is 10.3. The largest absolute Gasteiger partial charge is 0.393 e. The molecule has 4 rings (SSSR count). The van der Waals surface area contributed by atoms with Gasteiger partial charge in [-0.05, 0) is 43.8 Å². The molecular formula is C17H23Cl2N3O. The zero-order valence-corrected chi connectivity index (χ0v) is 14.5. The molecule has 6 heteroatoms. The number of hydrogen-bond donors (Lipinski definition) is 2. The SMILES string of the molecule is Cl.Cl.OC(CC1c2ccccc2-c2cncn21)C1CCNCC1. The molecule has 126 valence electrons. The van der Waals surface area contributed by atoms with Gasteiger partial charge in [0.05, 0.1) is 30.4 Å². The van der Waals surface area contributed by atoms with Crippen LogP contribution in [0.1, 0.15) is 30.9 Å². The molecule has 0 amide bonds. The van der Waals surface area contributed by atoms with E-state index in [9.17, 15) is 5.11 Å². The zero-order chi connectivity index (χ0) is 14.2. The Morgan fingerprint density at radius 1 is 1.22 bits per heavy atom. The Kier molecular flexibility index (Phi) is 6.09. The van der Waals surface area contributed by atoms with Crippen LogP contribution >= 0.6 is 24.8 Å². The van der Waals surface area contributed by atoms with E-state index < -0.39 is 0 Å². The lowest BCUT2D eigenvalue weighted by molar-refractivity contribution is 0.0722. The van der Waals surface area contributed by atoms with Crippen LogP contribution in [0.4, 0.5) is 0 Å². The second-order valence-corrected chi connectivity index (χ2v) is 6.18. The quantitative estimate of drug-likeness (QED) is 0.889. The van der Waals surface area contributed by atoms with E-state index in [0.29, 0.717) is 5.92 Å². The van der Waals surface area contributed by atoms with Crippen LogP contribution in [0.2, 0.25) is 0 Å². The molecule has 2 aromatic rings. The molecule has 0 saturated carbocycles. The van der Waals surface area contributed by atoms with Crippen LogP contribution in [0.5, 0.6) is 0 Å². The van der Waals surface area contributed by atoms with E-state index >= 15 is 0 Å². The van der Waals surface area contributed by atoms with Gasteiger partial charge in [-0.15, -0.1) is 24.8 Å². The van der Waals surface area contributed by atoms with Crippen LogP contribution in [-0.2, 0) is 0 Å². The average Bonchev–Trinajstić information content (AvgIpc) is 3.11. The highest BCUT2D eigenvalue weighted by molar-refractivity contribution is 5.85. The molecule has 0 radical (unpaired) electrons. The van der Waals surface area contributed by atoms with Crippen molar-refractivity contribution in [2.45, 2.75) is 31.4 Å². The fourth-order valence-corrected chi connectivity index (χ4v) is 3.82. The van der Waals surface area contributed by atoms with E-state index in [1.165, 1.54) is 16.8 Å². The van der Waals surface area contributed by atoms with Gasteiger partial charge >= 0.3 is 0 Å². The Morgan fingerprint density at radius 2 is 1.96 bits per heavy atom. The summed E-state index contributed by atoms with van der Waals surface area (Å²) < 4.78 is 2.22. The highest BCUT2D eigenvalue weighted by Gasteiger charge is 2.32. The zero-order valence-electron chi connectivity index (χ0n) is 12.9. The van der Waals surface area contributed by atoms with Gasteiger partial charge in [-0.3, -0.25) is 0 Å². The van der Waals surface area contributed by atoms with Crippen molar-refractivity contribution in [1.29, 1.82) is 0 Å². The van der Waals surface area contributed by atoms with Crippen molar-refractivity contribution in [2.75, 3.05) is 13.1 Å². The first-order valence-corrected chi connectivity index (χ1v) is 7.84. The molecule has 4 nitrogen and oxygen atoms in total. The summed E-state index contributed by atoms with van der Waals surface area (Å²) in [5.74, 6) is 0.422. The third kappa shape index (κ3) is 3.26. The van der Waals surface area contributed by atoms with Crippen LogP contribution < -0.4 is 5.32 Å². The third-order valence-electron chi connectivity index (χ3n) is 4.99. The summed E-state index contributed by atoms with van der Waals surface area (Å²) >= 11 is 0. The topological polar surface area (TPSA) is 50.1 Å². The molecule has 2 aliphatic rings. The van der Waals surface area contributed by atoms with Crippen molar-refractivity contribution in [3.63, 3.8) is 0 Å². The van der Waals surface area contributed by atoms with Gasteiger partial charge in [-0.25, -0.2) is 4.98 Å². The number of piperidine rings is 1. The van der Waals surface area contributed by atoms with E-state index in [4.69, 9.17) is 0 Å². The Labute approximate surface area is 149 Å². The van der Waals surface area contributed by atoms with Gasteiger partial charge in [0.2, 0.25) is 0 Å². The minimum atomic E-state index is -0.237. The summed E-state index contributed by atoms with van der Waals surface area (Å²) in [6.45, 7) is 2.05. The number of rotatable bonds is 3. The maximum Gasteiger partial charge on any atom is 0.0956 e. The number of aliphatic hydroxyl groups is 1. The molecule has 2 N–H and O–H groups in total. The molecule has 2 atom stereocenters. The molecule has 23 heavy (non-hydrogen) atoms. The average molecular weight is 356 g/mol. The second kappa shape index (κ2) is 7.67. The van der Waals surface area contributed by atoms with Gasteiger partial charge < -0.3 is 15.0 Å². The van der Waals surface area contributed by atoms with Crippen LogP contribution in [0, 0.1) is 5.92 Å². The number of aliphatic hydroxyl groups excluding tert-OH is 1. The molecule has 0 bridgehead atoms. The number of nitrogens with zero attached hydrogens (tertiary/aromatic N) is 2. The standard InChI is InChI=1S/C17H21N3O.2ClH/c21-17(12-5-7-18-8-6-12)9-15-13-3-1-2-4-14(13)16-10-19-11-20(15)16;;/h1-4,10-12,15,17-18,21H,5-9H2;2*1H. The van der Waals surface area contributed by atoms with Crippen LogP contribution in [-0.4, -0.2) is 33.9 Å². The number of imidazole rings is 1. The van der Waals surface area contributed by atoms with E-state index in [0.717, 1.165) is 32.4 Å². The number of fused-ring (bicyclic) bond motifs is 3. The summed E-state index contributed by atoms with van der Waals surface area (Å²) in [6, 6.07) is 8.72. The van der Waals surface area contributed by atoms with Gasteiger partial charge in [0.15, 0.2) is 0 Å². The maximum atomic E-state index is 10.7. The number of hydrogen-bond acceptors (Lipinski definition) is 3. The van der Waals surface area contributed by atoms with Gasteiger partial charge in [0.1, 0.15) is 0 Å². The Hall–Kier alpha value is -1.07. The van der Waals surface area contributed by atoms with Crippen LogP contribution in [0.25, 0.3) is 11.3 Å². The number of benzene rings is 1. The fraction of sp³-hybridized carbons (Fsp3) is 0.471. The lowest BCUT2D eigenvalue weighted by Crippen LogP contribution is -2.35. The van der Waals surface area contributed by atoms with Crippen molar-refractivity contribution in [1.82, 2.24) is 14.9 Å². The summed E-state index contributed by atoms with van der Waals surface area (Å²) in [7, 11) is 0. The first kappa shape index (κ1) is 18.3. The lowest BCUT2D eigenvalue weighted by Gasteiger charge is -2.29. The summed E-state index contributed by atoms with van der Waals surface area (Å²) in [4.78, 5) is 4.28. The first-order valence-electron chi connectivity index (χ1n) is 7.84. The Bertz CT molecular complexity index is 640. The summed E-state index contributed by atoms with van der Waals surface area (Å²) in [5.41, 5.74) is 3.76. The van der Waals surface area contributed by atoms with Crippen LogP contribution in [0.15, 0.2) is 36.8 Å². The van der Waals surface area contributed by atoms with E-state index in [1.807, 2.05) is 12.5 Å². The summed E-state index contributed by atoms with van der Waals surface area (Å²) in [6.07, 6.45) is 6.52. The maximum absolute atomic E-state index is 10.7. The molecular weight excluding hydrogens is 333 g/mol. The molecule has 1 aromatic carbocycles. The smallest absolute Gasteiger partial charge is 0.0956 e. The molecule has 0 aliphatic carbocycles. The highest BCUT2D eigenvalue weighted by atomic mass is 35.5. The van der Waals surface area contributed by atoms with Crippen molar-refractivity contribution < 1.29 is 5.11 Å². The lowest BCUT2D eigenvalue weighted by atomic mass is 9.87.